The molecular formula is C10H19NO3. The molecule has 0 aliphatic carbocycles. The minimum Gasteiger partial charge on any atom is -0.464 e. The maximum Gasteiger partial charge on any atom is 0.323 e. The highest BCUT2D eigenvalue weighted by molar-refractivity contribution is 5.75. The van der Waals surface area contributed by atoms with Crippen LogP contribution in [0.3, 0.4) is 0 Å². The quantitative estimate of drug-likeness (QED) is 0.675. The van der Waals surface area contributed by atoms with Gasteiger partial charge in [-0.05, 0) is 12.3 Å². The monoisotopic (exact) mass is 201 g/mol. The summed E-state index contributed by atoms with van der Waals surface area (Å²) in [5, 5.41) is 0. The summed E-state index contributed by atoms with van der Waals surface area (Å²) >= 11 is 0. The molecule has 1 rings (SSSR count). The molecule has 0 aromatic rings. The zero-order valence-corrected chi connectivity index (χ0v) is 8.86. The molecule has 2 N–H and O–H groups in total. The largest absolute Gasteiger partial charge is 0.464 e. The van der Waals surface area contributed by atoms with Crippen molar-refractivity contribution in [3.63, 3.8) is 0 Å². The summed E-state index contributed by atoms with van der Waals surface area (Å²) in [6.45, 7) is 5.73. The first-order valence-corrected chi connectivity index (χ1v) is 5.11. The van der Waals surface area contributed by atoms with Crippen LogP contribution in [-0.4, -0.2) is 31.8 Å². The lowest BCUT2D eigenvalue weighted by molar-refractivity contribution is -0.147. The van der Waals surface area contributed by atoms with Gasteiger partial charge in [-0.25, -0.2) is 0 Å². The van der Waals surface area contributed by atoms with Crippen molar-refractivity contribution in [1.29, 1.82) is 0 Å². The van der Waals surface area contributed by atoms with Crippen molar-refractivity contribution in [1.82, 2.24) is 0 Å². The number of hydrogen-bond donors (Lipinski definition) is 1. The van der Waals surface area contributed by atoms with Crippen molar-refractivity contribution in [3.05, 3.63) is 0 Å². The van der Waals surface area contributed by atoms with E-state index in [9.17, 15) is 4.79 Å². The van der Waals surface area contributed by atoms with E-state index >= 15 is 0 Å². The van der Waals surface area contributed by atoms with Crippen molar-refractivity contribution < 1.29 is 14.3 Å². The maximum atomic E-state index is 11.4. The predicted molar refractivity (Wildman–Crippen MR) is 52.7 cm³/mol. The molecule has 1 fully saturated rings. The molecule has 1 aliphatic rings. The first-order valence-electron chi connectivity index (χ1n) is 5.11. The van der Waals surface area contributed by atoms with E-state index in [1.807, 2.05) is 13.8 Å². The summed E-state index contributed by atoms with van der Waals surface area (Å²) in [5.41, 5.74) is 5.64. The number of esters is 1. The molecular weight excluding hydrogens is 182 g/mol. The van der Waals surface area contributed by atoms with Crippen LogP contribution < -0.4 is 5.73 Å². The highest BCUT2D eigenvalue weighted by Gasteiger charge is 2.22. The zero-order valence-electron chi connectivity index (χ0n) is 8.86. The van der Waals surface area contributed by atoms with Crippen molar-refractivity contribution in [2.75, 3.05) is 19.8 Å². The van der Waals surface area contributed by atoms with Crippen LogP contribution in [-0.2, 0) is 14.3 Å². The Morgan fingerprint density at radius 3 is 2.86 bits per heavy atom. The van der Waals surface area contributed by atoms with Gasteiger partial charge in [0.2, 0.25) is 0 Å². The highest BCUT2D eigenvalue weighted by atomic mass is 16.5. The molecule has 0 saturated carbocycles. The second-order valence-electron chi connectivity index (χ2n) is 4.13. The Labute approximate surface area is 84.7 Å². The summed E-state index contributed by atoms with van der Waals surface area (Å²) in [6, 6.07) is -0.502. The van der Waals surface area contributed by atoms with Gasteiger partial charge in [0.15, 0.2) is 0 Å². The molecule has 4 heteroatoms. The van der Waals surface area contributed by atoms with Crippen molar-refractivity contribution in [3.8, 4) is 0 Å². The van der Waals surface area contributed by atoms with Crippen LogP contribution in [0, 0.1) is 11.8 Å². The lowest BCUT2D eigenvalue weighted by Gasteiger charge is -2.15. The molecule has 1 heterocycles. The molecule has 1 aliphatic heterocycles. The van der Waals surface area contributed by atoms with E-state index in [0.29, 0.717) is 19.1 Å². The average molecular weight is 201 g/mol. The number of hydrogen-bond acceptors (Lipinski definition) is 4. The third-order valence-electron chi connectivity index (χ3n) is 2.48. The van der Waals surface area contributed by atoms with Crippen LogP contribution in [0.1, 0.15) is 20.3 Å². The van der Waals surface area contributed by atoms with E-state index in [4.69, 9.17) is 15.2 Å². The van der Waals surface area contributed by atoms with Crippen LogP contribution in [0.4, 0.5) is 0 Å². The number of carbonyl (C=O) groups excluding carboxylic acids is 1. The maximum absolute atomic E-state index is 11.4. The van der Waals surface area contributed by atoms with Gasteiger partial charge in [-0.1, -0.05) is 13.8 Å². The van der Waals surface area contributed by atoms with Gasteiger partial charge in [0.05, 0.1) is 13.2 Å². The number of ether oxygens (including phenoxy) is 2. The third-order valence-corrected chi connectivity index (χ3v) is 2.48. The lowest BCUT2D eigenvalue weighted by atomic mass is 10.1. The SMILES string of the molecule is CC(C)C(N)C(=O)OCC1CCOC1. The summed E-state index contributed by atoms with van der Waals surface area (Å²) in [6.07, 6.45) is 0.976. The van der Waals surface area contributed by atoms with Gasteiger partial charge in [0, 0.05) is 12.5 Å². The fraction of sp³-hybridized carbons (Fsp3) is 0.900. The van der Waals surface area contributed by atoms with E-state index in [1.165, 1.54) is 0 Å². The molecule has 0 amide bonds. The summed E-state index contributed by atoms with van der Waals surface area (Å²) in [7, 11) is 0. The van der Waals surface area contributed by atoms with Crippen LogP contribution in [0.15, 0.2) is 0 Å². The Morgan fingerprint density at radius 1 is 1.64 bits per heavy atom. The minimum absolute atomic E-state index is 0.127. The molecule has 1 saturated heterocycles. The molecule has 2 unspecified atom stereocenters. The normalized spacial score (nSPS) is 23.9. The molecule has 2 atom stereocenters. The fourth-order valence-electron chi connectivity index (χ4n) is 1.28. The lowest BCUT2D eigenvalue weighted by Crippen LogP contribution is -2.37. The van der Waals surface area contributed by atoms with Gasteiger partial charge in [-0.2, -0.15) is 0 Å². The van der Waals surface area contributed by atoms with Crippen LogP contribution in [0.2, 0.25) is 0 Å². The summed E-state index contributed by atoms with van der Waals surface area (Å²) in [5.74, 6) is 0.188. The van der Waals surface area contributed by atoms with Crippen LogP contribution in [0.25, 0.3) is 0 Å². The van der Waals surface area contributed by atoms with E-state index in [2.05, 4.69) is 0 Å². The fourth-order valence-corrected chi connectivity index (χ4v) is 1.28. The Morgan fingerprint density at radius 2 is 2.36 bits per heavy atom. The van der Waals surface area contributed by atoms with Gasteiger partial charge >= 0.3 is 5.97 Å². The smallest absolute Gasteiger partial charge is 0.323 e. The Hall–Kier alpha value is -0.610. The van der Waals surface area contributed by atoms with Gasteiger partial charge in [-0.15, -0.1) is 0 Å². The third kappa shape index (κ3) is 3.27. The van der Waals surface area contributed by atoms with Gasteiger partial charge in [0.25, 0.3) is 0 Å². The Kier molecular flexibility index (Phi) is 4.35. The number of rotatable bonds is 4. The molecule has 14 heavy (non-hydrogen) atoms. The molecule has 4 nitrogen and oxygen atoms in total. The van der Waals surface area contributed by atoms with Crippen molar-refractivity contribution in [2.45, 2.75) is 26.3 Å². The Balaban J connectivity index is 2.19. The second kappa shape index (κ2) is 5.32. The first-order chi connectivity index (χ1) is 6.61. The Bertz CT molecular complexity index is 188. The molecule has 0 bridgehead atoms. The minimum atomic E-state index is -0.502. The standard InChI is InChI=1S/C10H19NO3/c1-7(2)9(11)10(12)14-6-8-3-4-13-5-8/h7-9H,3-6,11H2,1-2H3. The van der Waals surface area contributed by atoms with Gasteiger partial charge in [-0.3, -0.25) is 4.79 Å². The summed E-state index contributed by atoms with van der Waals surface area (Å²) in [4.78, 5) is 11.4. The topological polar surface area (TPSA) is 61.6 Å². The van der Waals surface area contributed by atoms with E-state index in [1.54, 1.807) is 0 Å². The van der Waals surface area contributed by atoms with E-state index < -0.39 is 6.04 Å². The first kappa shape index (κ1) is 11.5. The van der Waals surface area contributed by atoms with Crippen LogP contribution in [0.5, 0.6) is 0 Å². The molecule has 0 radical (unpaired) electrons. The zero-order chi connectivity index (χ0) is 10.6. The van der Waals surface area contributed by atoms with Crippen molar-refractivity contribution in [2.24, 2.45) is 17.6 Å². The molecule has 0 spiro atoms. The van der Waals surface area contributed by atoms with E-state index in [0.717, 1.165) is 13.0 Å². The van der Waals surface area contributed by atoms with Gasteiger partial charge in [0.1, 0.15) is 6.04 Å². The van der Waals surface area contributed by atoms with Gasteiger partial charge < -0.3 is 15.2 Å². The number of nitrogens with two attached hydrogens (primary N) is 1. The van der Waals surface area contributed by atoms with Crippen LogP contribution >= 0.6 is 0 Å². The number of carbonyl (C=O) groups is 1. The average Bonchev–Trinajstić information content (AvgIpc) is 2.65. The highest BCUT2D eigenvalue weighted by Crippen LogP contribution is 2.13. The molecule has 82 valence electrons. The predicted octanol–water partition coefficient (Wildman–Crippen LogP) is 0.549. The van der Waals surface area contributed by atoms with E-state index in [-0.39, 0.29) is 11.9 Å². The van der Waals surface area contributed by atoms with Crippen molar-refractivity contribution >= 4 is 5.97 Å². The molecule has 0 aromatic carbocycles. The second-order valence-corrected chi connectivity index (χ2v) is 4.13. The summed E-state index contributed by atoms with van der Waals surface area (Å²) < 4.78 is 10.3. The molecule has 0 aromatic heterocycles.